The zero-order chi connectivity index (χ0) is 19.0. The number of aromatic nitrogens is 3. The van der Waals surface area contributed by atoms with E-state index in [2.05, 4.69) is 15.0 Å². The summed E-state index contributed by atoms with van der Waals surface area (Å²) in [4.78, 5) is 23.3. The maximum Gasteiger partial charge on any atom is 0.244 e. The Bertz CT molecular complexity index is 820. The number of amides is 1. The van der Waals surface area contributed by atoms with Crippen molar-refractivity contribution in [3.05, 3.63) is 30.7 Å². The lowest BCUT2D eigenvalue weighted by atomic mass is 10.2. The number of aryl methyl sites for hydroxylation is 1. The number of hydrogen-bond donors (Lipinski definition) is 0. The highest BCUT2D eigenvalue weighted by Gasteiger charge is 2.40. The second-order valence-corrected chi connectivity index (χ2v) is 7.41. The first kappa shape index (κ1) is 17.8. The maximum absolute atomic E-state index is 12.9. The number of hydrogen-bond acceptors (Lipinski definition) is 6. The minimum Gasteiger partial charge on any atom is -0.485 e. The van der Waals surface area contributed by atoms with E-state index in [1.807, 2.05) is 49.3 Å². The van der Waals surface area contributed by atoms with Crippen LogP contribution in [0.15, 0.2) is 30.7 Å². The second kappa shape index (κ2) is 7.19. The molecule has 0 N–H and O–H groups in total. The van der Waals surface area contributed by atoms with E-state index in [4.69, 9.17) is 4.74 Å². The predicted octanol–water partition coefficient (Wildman–Crippen LogP) is 1.14. The van der Waals surface area contributed by atoms with Gasteiger partial charge < -0.3 is 14.5 Å². The van der Waals surface area contributed by atoms with E-state index >= 15 is 0 Å². The van der Waals surface area contributed by atoms with Crippen LogP contribution >= 0.6 is 0 Å². The minimum atomic E-state index is -0.0685. The Balaban J connectivity index is 1.40. The number of anilines is 2. The molecule has 2 aromatic heterocycles. The van der Waals surface area contributed by atoms with E-state index < -0.39 is 0 Å². The molecule has 27 heavy (non-hydrogen) atoms. The maximum atomic E-state index is 12.9. The number of pyridine rings is 1. The van der Waals surface area contributed by atoms with Crippen LogP contribution in [0.25, 0.3) is 0 Å². The molecular weight excluding hydrogens is 344 g/mol. The Morgan fingerprint density at radius 1 is 1.26 bits per heavy atom. The molecule has 0 spiro atoms. The molecule has 2 aromatic rings. The quantitative estimate of drug-likeness (QED) is 0.786. The van der Waals surface area contributed by atoms with Gasteiger partial charge in [-0.15, -0.1) is 0 Å². The lowest BCUT2D eigenvalue weighted by Crippen LogP contribution is -2.41. The summed E-state index contributed by atoms with van der Waals surface area (Å²) in [6.07, 6.45) is 7.25. The van der Waals surface area contributed by atoms with E-state index in [1.54, 1.807) is 17.1 Å². The third-order valence-corrected chi connectivity index (χ3v) is 5.27. The summed E-state index contributed by atoms with van der Waals surface area (Å²) in [5, 5.41) is 4.18. The number of likely N-dealkylation sites (tertiary alicyclic amines) is 1. The zero-order valence-electron chi connectivity index (χ0n) is 16.1. The van der Waals surface area contributed by atoms with Crippen LogP contribution < -0.4 is 14.5 Å². The number of rotatable bonds is 5. The fraction of sp³-hybridized carbons (Fsp3) is 0.526. The number of nitrogens with zero attached hydrogens (tertiary/aromatic N) is 6. The van der Waals surface area contributed by atoms with Gasteiger partial charge in [-0.25, -0.2) is 4.98 Å². The summed E-state index contributed by atoms with van der Waals surface area (Å²) in [6.45, 7) is 2.38. The van der Waals surface area contributed by atoms with E-state index in [0.29, 0.717) is 0 Å². The number of carbonyl (C=O) groups excluding carboxylic acids is 1. The highest BCUT2D eigenvalue weighted by Crippen LogP contribution is 2.30. The lowest BCUT2D eigenvalue weighted by Gasteiger charge is -2.23. The molecule has 2 saturated heterocycles. The predicted molar refractivity (Wildman–Crippen MR) is 103 cm³/mol. The van der Waals surface area contributed by atoms with Crippen molar-refractivity contribution >= 4 is 17.4 Å². The van der Waals surface area contributed by atoms with Gasteiger partial charge in [0.2, 0.25) is 5.91 Å². The van der Waals surface area contributed by atoms with E-state index in [0.717, 1.165) is 49.7 Å². The van der Waals surface area contributed by atoms with Crippen LogP contribution in [0, 0.1) is 0 Å². The smallest absolute Gasteiger partial charge is 0.244 e. The van der Waals surface area contributed by atoms with E-state index in [-0.39, 0.29) is 18.1 Å². The van der Waals surface area contributed by atoms with Crippen molar-refractivity contribution in [2.24, 2.45) is 7.05 Å². The van der Waals surface area contributed by atoms with E-state index in [1.165, 1.54) is 0 Å². The van der Waals surface area contributed by atoms with Crippen LogP contribution in [0.1, 0.15) is 12.8 Å². The summed E-state index contributed by atoms with van der Waals surface area (Å²) in [7, 11) is 5.78. The molecule has 2 aliphatic rings. The lowest BCUT2D eigenvalue weighted by molar-refractivity contribution is -0.121. The van der Waals surface area contributed by atoms with Gasteiger partial charge in [0.05, 0.1) is 17.9 Å². The molecule has 2 aliphatic heterocycles. The molecule has 4 heterocycles. The molecule has 4 rings (SSSR count). The molecule has 144 valence electrons. The van der Waals surface area contributed by atoms with E-state index in [9.17, 15) is 4.79 Å². The first-order chi connectivity index (χ1) is 13.0. The molecule has 0 saturated carbocycles. The molecule has 2 unspecified atom stereocenters. The summed E-state index contributed by atoms with van der Waals surface area (Å²) in [6, 6.07) is 3.78. The van der Waals surface area contributed by atoms with Crippen molar-refractivity contribution < 1.29 is 9.53 Å². The van der Waals surface area contributed by atoms with Gasteiger partial charge in [0.1, 0.15) is 6.10 Å². The van der Waals surface area contributed by atoms with Gasteiger partial charge in [-0.05, 0) is 25.0 Å². The molecule has 0 radical (unpaired) electrons. The molecule has 0 aromatic carbocycles. The first-order valence-electron chi connectivity index (χ1n) is 9.36. The topological polar surface area (TPSA) is 66.7 Å². The van der Waals surface area contributed by atoms with Crippen molar-refractivity contribution in [1.82, 2.24) is 19.7 Å². The SMILES string of the molecule is CN(C)c1ncccc1OC1CCN(C2CCN(c3cnn(C)c3)C2=O)C1. The van der Waals surface area contributed by atoms with Crippen LogP contribution in [0.5, 0.6) is 5.75 Å². The van der Waals surface area contributed by atoms with Crippen molar-refractivity contribution in [3.8, 4) is 5.75 Å². The minimum absolute atomic E-state index is 0.0685. The summed E-state index contributed by atoms with van der Waals surface area (Å²) < 4.78 is 7.95. The van der Waals surface area contributed by atoms with Gasteiger partial charge in [-0.3, -0.25) is 14.4 Å². The summed E-state index contributed by atoms with van der Waals surface area (Å²) in [5.41, 5.74) is 0.878. The average molecular weight is 370 g/mol. The number of carbonyl (C=O) groups is 1. The standard InChI is InChI=1S/C19H26N6O2/c1-22(2)18-17(5-4-8-20-18)27-15-6-9-24(13-15)16-7-10-25(19(16)26)14-11-21-23(3)12-14/h4-5,8,11-12,15-16H,6-7,9-10,13H2,1-3H3. The third kappa shape index (κ3) is 3.49. The molecule has 0 bridgehead atoms. The highest BCUT2D eigenvalue weighted by molar-refractivity contribution is 5.99. The third-order valence-electron chi connectivity index (χ3n) is 5.27. The van der Waals surface area contributed by atoms with Gasteiger partial charge in [-0.1, -0.05) is 0 Å². The monoisotopic (exact) mass is 370 g/mol. The van der Waals surface area contributed by atoms with Crippen LogP contribution in [-0.4, -0.2) is 71.4 Å². The van der Waals surface area contributed by atoms with Crippen LogP contribution in [-0.2, 0) is 11.8 Å². The van der Waals surface area contributed by atoms with Gasteiger partial charge in [-0.2, -0.15) is 5.10 Å². The van der Waals surface area contributed by atoms with Crippen molar-refractivity contribution in [2.45, 2.75) is 25.0 Å². The van der Waals surface area contributed by atoms with Gasteiger partial charge in [0.15, 0.2) is 11.6 Å². The van der Waals surface area contributed by atoms with Gasteiger partial charge in [0, 0.05) is 53.2 Å². The second-order valence-electron chi connectivity index (χ2n) is 7.41. The molecule has 0 aliphatic carbocycles. The zero-order valence-corrected chi connectivity index (χ0v) is 16.1. The normalized spacial score (nSPS) is 23.2. The molecule has 8 nitrogen and oxygen atoms in total. The van der Waals surface area contributed by atoms with Crippen LogP contribution in [0.4, 0.5) is 11.5 Å². The first-order valence-corrected chi connectivity index (χ1v) is 9.36. The molecule has 1 amide bonds. The Morgan fingerprint density at radius 2 is 2.11 bits per heavy atom. The van der Waals surface area contributed by atoms with Gasteiger partial charge >= 0.3 is 0 Å². The summed E-state index contributed by atoms with van der Waals surface area (Å²) in [5.74, 6) is 1.79. The Hall–Kier alpha value is -2.61. The molecule has 2 fully saturated rings. The average Bonchev–Trinajstić information content (AvgIpc) is 3.35. The Kier molecular flexibility index (Phi) is 4.73. The fourth-order valence-electron chi connectivity index (χ4n) is 3.93. The Labute approximate surface area is 159 Å². The molecule has 2 atom stereocenters. The largest absolute Gasteiger partial charge is 0.485 e. The summed E-state index contributed by atoms with van der Waals surface area (Å²) >= 11 is 0. The fourth-order valence-corrected chi connectivity index (χ4v) is 3.93. The Morgan fingerprint density at radius 3 is 2.85 bits per heavy atom. The molecular formula is C19H26N6O2. The van der Waals surface area contributed by atoms with Crippen LogP contribution in [0.3, 0.4) is 0 Å². The van der Waals surface area contributed by atoms with Crippen molar-refractivity contribution in [2.75, 3.05) is 43.5 Å². The van der Waals surface area contributed by atoms with Crippen molar-refractivity contribution in [3.63, 3.8) is 0 Å². The highest BCUT2D eigenvalue weighted by atomic mass is 16.5. The van der Waals surface area contributed by atoms with Crippen molar-refractivity contribution in [1.29, 1.82) is 0 Å². The van der Waals surface area contributed by atoms with Crippen LogP contribution in [0.2, 0.25) is 0 Å². The van der Waals surface area contributed by atoms with Gasteiger partial charge in [0.25, 0.3) is 0 Å². The number of ether oxygens (including phenoxy) is 1. The molecule has 8 heteroatoms.